The van der Waals surface area contributed by atoms with Gasteiger partial charge in [0.15, 0.2) is 5.76 Å². The largest absolute Gasteiger partial charge is 0.359 e. The normalized spacial score (nSPS) is 14.8. The van der Waals surface area contributed by atoms with Crippen molar-refractivity contribution in [3.05, 3.63) is 41.4 Å². The van der Waals surface area contributed by atoms with Crippen LogP contribution in [0.15, 0.2) is 28.8 Å². The van der Waals surface area contributed by atoms with Crippen LogP contribution in [0.5, 0.6) is 0 Å². The van der Waals surface area contributed by atoms with Crippen molar-refractivity contribution >= 4 is 0 Å². The van der Waals surface area contributed by atoms with Gasteiger partial charge in [-0.3, -0.25) is 0 Å². The quantitative estimate of drug-likeness (QED) is 0.796. The van der Waals surface area contributed by atoms with Crippen LogP contribution < -0.4 is 5.32 Å². The zero-order valence-electron chi connectivity index (χ0n) is 8.66. The van der Waals surface area contributed by atoms with Crippen LogP contribution in [0.25, 0.3) is 11.3 Å². The molecule has 0 amide bonds. The number of benzene rings is 1. The molecule has 0 fully saturated rings. The van der Waals surface area contributed by atoms with Crippen molar-refractivity contribution in [3.63, 3.8) is 0 Å². The van der Waals surface area contributed by atoms with Crippen LogP contribution in [0.2, 0.25) is 0 Å². The minimum Gasteiger partial charge on any atom is -0.359 e. The van der Waals surface area contributed by atoms with Gasteiger partial charge in [-0.2, -0.15) is 0 Å². The monoisotopic (exact) mass is 218 g/mol. The molecule has 82 valence electrons. The Bertz CT molecular complexity index is 504. The Balaban J connectivity index is 2.06. The van der Waals surface area contributed by atoms with Crippen molar-refractivity contribution in [1.82, 2.24) is 10.5 Å². The second-order valence-corrected chi connectivity index (χ2v) is 3.87. The van der Waals surface area contributed by atoms with Gasteiger partial charge in [0.25, 0.3) is 0 Å². The number of fused-ring (bicyclic) bond motifs is 1. The number of nitrogens with one attached hydrogen (secondary N) is 1. The summed E-state index contributed by atoms with van der Waals surface area (Å²) in [5, 5.41) is 7.28. The van der Waals surface area contributed by atoms with Crippen LogP contribution in [0, 0.1) is 5.82 Å². The second-order valence-electron chi connectivity index (χ2n) is 3.87. The van der Waals surface area contributed by atoms with Crippen LogP contribution in [-0.2, 0) is 13.0 Å². The molecule has 1 aliphatic rings. The highest BCUT2D eigenvalue weighted by atomic mass is 19.1. The molecule has 1 aromatic heterocycles. The van der Waals surface area contributed by atoms with E-state index in [1.807, 2.05) is 0 Å². The minimum atomic E-state index is -0.234. The number of hydrogen-bond acceptors (Lipinski definition) is 3. The van der Waals surface area contributed by atoms with Crippen molar-refractivity contribution in [2.45, 2.75) is 13.0 Å². The van der Waals surface area contributed by atoms with E-state index < -0.39 is 0 Å². The van der Waals surface area contributed by atoms with Gasteiger partial charge in [0.2, 0.25) is 0 Å². The summed E-state index contributed by atoms with van der Waals surface area (Å²) in [7, 11) is 0. The van der Waals surface area contributed by atoms with Gasteiger partial charge < -0.3 is 9.84 Å². The molecule has 0 saturated heterocycles. The Hall–Kier alpha value is -1.68. The average Bonchev–Trinajstić information content (AvgIpc) is 2.74. The first-order chi connectivity index (χ1) is 7.84. The molecule has 2 heterocycles. The Labute approximate surface area is 92.3 Å². The predicted octanol–water partition coefficient (Wildman–Crippen LogP) is 2.13. The van der Waals surface area contributed by atoms with Crippen molar-refractivity contribution in [1.29, 1.82) is 0 Å². The first kappa shape index (κ1) is 9.54. The topological polar surface area (TPSA) is 38.1 Å². The molecule has 0 spiro atoms. The SMILES string of the molecule is Fc1ccc(-c2noc3c2CCNC3)cc1. The summed E-state index contributed by atoms with van der Waals surface area (Å²) in [5.41, 5.74) is 2.90. The molecule has 0 bridgehead atoms. The first-order valence-corrected chi connectivity index (χ1v) is 5.28. The fourth-order valence-electron chi connectivity index (χ4n) is 1.99. The van der Waals surface area contributed by atoms with Crippen LogP contribution in [0.1, 0.15) is 11.3 Å². The summed E-state index contributed by atoms with van der Waals surface area (Å²) >= 11 is 0. The number of rotatable bonds is 1. The molecular formula is C12H11FN2O. The third kappa shape index (κ3) is 1.51. The molecule has 3 nitrogen and oxygen atoms in total. The number of aromatic nitrogens is 1. The molecule has 0 aliphatic carbocycles. The van der Waals surface area contributed by atoms with Crippen molar-refractivity contribution in [2.24, 2.45) is 0 Å². The predicted molar refractivity (Wildman–Crippen MR) is 57.3 cm³/mol. The summed E-state index contributed by atoms with van der Waals surface area (Å²) in [6.45, 7) is 1.66. The van der Waals surface area contributed by atoms with E-state index in [9.17, 15) is 4.39 Å². The van der Waals surface area contributed by atoms with Gasteiger partial charge in [-0.05, 0) is 37.2 Å². The van der Waals surface area contributed by atoms with Crippen molar-refractivity contribution in [3.8, 4) is 11.3 Å². The van der Waals surface area contributed by atoms with Crippen molar-refractivity contribution < 1.29 is 8.91 Å². The van der Waals surface area contributed by atoms with E-state index in [-0.39, 0.29) is 5.82 Å². The van der Waals surface area contributed by atoms with Gasteiger partial charge in [0.05, 0.1) is 6.54 Å². The lowest BCUT2D eigenvalue weighted by Crippen LogP contribution is -2.22. The third-order valence-electron chi connectivity index (χ3n) is 2.82. The highest BCUT2D eigenvalue weighted by molar-refractivity contribution is 5.63. The van der Waals surface area contributed by atoms with E-state index in [1.165, 1.54) is 12.1 Å². The van der Waals surface area contributed by atoms with Crippen LogP contribution in [0.4, 0.5) is 4.39 Å². The van der Waals surface area contributed by atoms with Gasteiger partial charge in [-0.15, -0.1) is 0 Å². The second kappa shape index (κ2) is 3.72. The minimum absolute atomic E-state index is 0.234. The van der Waals surface area contributed by atoms with E-state index in [0.29, 0.717) is 0 Å². The zero-order valence-corrected chi connectivity index (χ0v) is 8.66. The highest BCUT2D eigenvalue weighted by Crippen LogP contribution is 2.27. The average molecular weight is 218 g/mol. The van der Waals surface area contributed by atoms with Crippen LogP contribution >= 0.6 is 0 Å². The molecule has 1 N–H and O–H groups in total. The van der Waals surface area contributed by atoms with Crippen molar-refractivity contribution in [2.75, 3.05) is 6.54 Å². The van der Waals surface area contributed by atoms with E-state index in [2.05, 4.69) is 10.5 Å². The Morgan fingerprint density at radius 2 is 2.06 bits per heavy atom. The summed E-state index contributed by atoms with van der Waals surface area (Å²) in [4.78, 5) is 0. The van der Waals surface area contributed by atoms with E-state index >= 15 is 0 Å². The molecular weight excluding hydrogens is 207 g/mol. The lowest BCUT2D eigenvalue weighted by atomic mass is 10.0. The van der Waals surface area contributed by atoms with Gasteiger partial charge in [0.1, 0.15) is 11.5 Å². The summed E-state index contributed by atoms with van der Waals surface area (Å²) in [6, 6.07) is 6.35. The number of nitrogens with zero attached hydrogens (tertiary/aromatic N) is 1. The molecule has 0 saturated carbocycles. The molecule has 0 radical (unpaired) electrons. The number of hydrogen-bond donors (Lipinski definition) is 1. The van der Waals surface area contributed by atoms with Gasteiger partial charge in [0, 0.05) is 11.1 Å². The smallest absolute Gasteiger partial charge is 0.154 e. The summed E-state index contributed by atoms with van der Waals surface area (Å²) in [6.07, 6.45) is 0.908. The molecule has 0 atom stereocenters. The molecule has 4 heteroatoms. The lowest BCUT2D eigenvalue weighted by molar-refractivity contribution is 0.367. The maximum Gasteiger partial charge on any atom is 0.154 e. The zero-order chi connectivity index (χ0) is 11.0. The van der Waals surface area contributed by atoms with E-state index in [0.717, 1.165) is 42.1 Å². The summed E-state index contributed by atoms with van der Waals surface area (Å²) < 4.78 is 18.1. The standard InChI is InChI=1S/C12H11FN2O/c13-9-3-1-8(2-4-9)12-10-5-6-14-7-11(10)16-15-12/h1-4,14H,5-7H2. The van der Waals surface area contributed by atoms with Gasteiger partial charge in [-0.1, -0.05) is 5.16 Å². The molecule has 16 heavy (non-hydrogen) atoms. The molecule has 1 aromatic carbocycles. The fourth-order valence-corrected chi connectivity index (χ4v) is 1.99. The Morgan fingerprint density at radius 1 is 1.25 bits per heavy atom. The lowest BCUT2D eigenvalue weighted by Gasteiger charge is -2.10. The number of halogens is 1. The molecule has 2 aromatic rings. The Morgan fingerprint density at radius 3 is 2.88 bits per heavy atom. The Kier molecular flexibility index (Phi) is 2.22. The van der Waals surface area contributed by atoms with Gasteiger partial charge in [-0.25, -0.2) is 4.39 Å². The maximum atomic E-state index is 12.8. The van der Waals surface area contributed by atoms with Gasteiger partial charge >= 0.3 is 0 Å². The fraction of sp³-hybridized carbons (Fsp3) is 0.250. The van der Waals surface area contributed by atoms with E-state index in [4.69, 9.17) is 4.52 Å². The highest BCUT2D eigenvalue weighted by Gasteiger charge is 2.19. The third-order valence-corrected chi connectivity index (χ3v) is 2.82. The maximum absolute atomic E-state index is 12.8. The van der Waals surface area contributed by atoms with Crippen LogP contribution in [-0.4, -0.2) is 11.7 Å². The molecule has 3 rings (SSSR count). The first-order valence-electron chi connectivity index (χ1n) is 5.28. The molecule has 1 aliphatic heterocycles. The van der Waals surface area contributed by atoms with Crippen LogP contribution in [0.3, 0.4) is 0 Å². The summed E-state index contributed by atoms with van der Waals surface area (Å²) in [5.74, 6) is 0.661. The van der Waals surface area contributed by atoms with E-state index in [1.54, 1.807) is 12.1 Å². The molecule has 0 unspecified atom stereocenters.